The molecule has 1 N–H and O–H groups in total. The van der Waals surface area contributed by atoms with E-state index in [1.165, 1.54) is 9.75 Å². The summed E-state index contributed by atoms with van der Waals surface area (Å²) in [4.78, 5) is 13.2. The second-order valence-corrected chi connectivity index (χ2v) is 5.80. The van der Waals surface area contributed by atoms with Crippen LogP contribution in [0.1, 0.15) is 28.3 Å². The van der Waals surface area contributed by atoms with Crippen molar-refractivity contribution in [2.45, 2.75) is 26.4 Å². The number of rotatable bonds is 5. The molecule has 5 heteroatoms. The van der Waals surface area contributed by atoms with Gasteiger partial charge in [0.1, 0.15) is 0 Å². The number of nitrogens with one attached hydrogen (secondary N) is 1. The molecule has 19 heavy (non-hydrogen) atoms. The SMILES string of the molecule is Cc1ccc(CNC(C)c2ccccc2[N+](=O)[O-])s1. The summed E-state index contributed by atoms with van der Waals surface area (Å²) in [5.41, 5.74) is 0.894. The Kier molecular flexibility index (Phi) is 4.29. The largest absolute Gasteiger partial charge is 0.305 e. The molecule has 0 aliphatic carbocycles. The lowest BCUT2D eigenvalue weighted by Gasteiger charge is -2.13. The molecule has 0 amide bonds. The smallest absolute Gasteiger partial charge is 0.274 e. The van der Waals surface area contributed by atoms with Gasteiger partial charge in [-0.1, -0.05) is 18.2 Å². The predicted octanol–water partition coefficient (Wildman–Crippen LogP) is 3.82. The Bertz CT molecular complexity index is 580. The molecule has 0 saturated heterocycles. The Morgan fingerprint density at radius 2 is 2.05 bits per heavy atom. The van der Waals surface area contributed by atoms with Crippen LogP contribution in [0.3, 0.4) is 0 Å². The van der Waals surface area contributed by atoms with Crippen LogP contribution < -0.4 is 5.32 Å². The fourth-order valence-electron chi connectivity index (χ4n) is 1.96. The number of hydrogen-bond acceptors (Lipinski definition) is 4. The van der Waals surface area contributed by atoms with Crippen LogP contribution in [0.25, 0.3) is 0 Å². The van der Waals surface area contributed by atoms with E-state index in [0.29, 0.717) is 0 Å². The Balaban J connectivity index is 2.07. The average Bonchev–Trinajstić information content (AvgIpc) is 2.81. The van der Waals surface area contributed by atoms with Crippen LogP contribution in [0.4, 0.5) is 5.69 Å². The molecule has 100 valence electrons. The second-order valence-electron chi connectivity index (χ2n) is 4.43. The molecule has 0 bridgehead atoms. The van der Waals surface area contributed by atoms with E-state index in [9.17, 15) is 10.1 Å². The zero-order chi connectivity index (χ0) is 13.8. The van der Waals surface area contributed by atoms with Gasteiger partial charge in [-0.2, -0.15) is 0 Å². The fraction of sp³-hybridized carbons (Fsp3) is 0.286. The first kappa shape index (κ1) is 13.7. The van der Waals surface area contributed by atoms with Crippen LogP contribution in [-0.4, -0.2) is 4.92 Å². The zero-order valence-electron chi connectivity index (χ0n) is 10.9. The Morgan fingerprint density at radius 3 is 2.68 bits per heavy atom. The van der Waals surface area contributed by atoms with Crippen molar-refractivity contribution in [3.63, 3.8) is 0 Å². The van der Waals surface area contributed by atoms with Crippen molar-refractivity contribution in [3.05, 3.63) is 61.8 Å². The summed E-state index contributed by atoms with van der Waals surface area (Å²) in [5, 5.41) is 14.3. The van der Waals surface area contributed by atoms with E-state index >= 15 is 0 Å². The highest BCUT2D eigenvalue weighted by atomic mass is 32.1. The fourth-order valence-corrected chi connectivity index (χ4v) is 2.80. The highest BCUT2D eigenvalue weighted by molar-refractivity contribution is 7.11. The minimum Gasteiger partial charge on any atom is -0.305 e. The molecule has 0 radical (unpaired) electrons. The summed E-state index contributed by atoms with van der Waals surface area (Å²) < 4.78 is 0. The van der Waals surface area contributed by atoms with Gasteiger partial charge in [0.2, 0.25) is 0 Å². The van der Waals surface area contributed by atoms with E-state index in [1.807, 2.05) is 13.0 Å². The first-order chi connectivity index (χ1) is 9.08. The van der Waals surface area contributed by atoms with Crippen LogP contribution in [0.15, 0.2) is 36.4 Å². The normalized spacial score (nSPS) is 12.3. The lowest BCUT2D eigenvalue weighted by Crippen LogP contribution is -2.18. The molecule has 0 spiro atoms. The van der Waals surface area contributed by atoms with Gasteiger partial charge < -0.3 is 5.32 Å². The molecule has 2 aromatic rings. The monoisotopic (exact) mass is 276 g/mol. The number of benzene rings is 1. The molecule has 0 aliphatic rings. The summed E-state index contributed by atoms with van der Waals surface area (Å²) in [5.74, 6) is 0. The van der Waals surface area contributed by atoms with Gasteiger partial charge in [-0.25, -0.2) is 0 Å². The summed E-state index contributed by atoms with van der Waals surface area (Å²) in [7, 11) is 0. The second kappa shape index (κ2) is 5.95. The first-order valence-electron chi connectivity index (χ1n) is 6.10. The maximum Gasteiger partial charge on any atom is 0.274 e. The van der Waals surface area contributed by atoms with E-state index in [0.717, 1.165) is 12.1 Å². The molecule has 0 aliphatic heterocycles. The quantitative estimate of drug-likeness (QED) is 0.667. The number of hydrogen-bond donors (Lipinski definition) is 1. The van der Waals surface area contributed by atoms with Crippen molar-refractivity contribution < 1.29 is 4.92 Å². The van der Waals surface area contributed by atoms with Crippen molar-refractivity contribution in [2.75, 3.05) is 0 Å². The Morgan fingerprint density at radius 1 is 1.32 bits per heavy atom. The third-order valence-electron chi connectivity index (χ3n) is 2.98. The molecule has 0 fully saturated rings. The van der Waals surface area contributed by atoms with Crippen molar-refractivity contribution in [1.29, 1.82) is 0 Å². The molecular weight excluding hydrogens is 260 g/mol. The molecule has 1 heterocycles. The topological polar surface area (TPSA) is 55.2 Å². The van der Waals surface area contributed by atoms with Crippen LogP contribution >= 0.6 is 11.3 Å². The van der Waals surface area contributed by atoms with E-state index in [2.05, 4.69) is 24.4 Å². The van der Waals surface area contributed by atoms with Gasteiger partial charge in [0, 0.05) is 34.0 Å². The Labute approximate surface area is 116 Å². The van der Waals surface area contributed by atoms with Crippen LogP contribution in [0, 0.1) is 17.0 Å². The molecular formula is C14H16N2O2S. The van der Waals surface area contributed by atoms with Gasteiger partial charge in [-0.3, -0.25) is 10.1 Å². The predicted molar refractivity (Wildman–Crippen MR) is 77.4 cm³/mol. The average molecular weight is 276 g/mol. The first-order valence-corrected chi connectivity index (χ1v) is 6.91. The molecule has 4 nitrogen and oxygen atoms in total. The molecule has 0 saturated carbocycles. The van der Waals surface area contributed by atoms with Crippen molar-refractivity contribution in [3.8, 4) is 0 Å². The van der Waals surface area contributed by atoms with Gasteiger partial charge >= 0.3 is 0 Å². The number of aryl methyl sites for hydroxylation is 1. The molecule has 2 rings (SSSR count). The number of nitro groups is 1. The standard InChI is InChI=1S/C14H16N2O2S/c1-10-7-8-12(19-10)9-15-11(2)13-5-3-4-6-14(13)16(17)18/h3-8,11,15H,9H2,1-2H3. The number of para-hydroxylation sites is 1. The highest BCUT2D eigenvalue weighted by Gasteiger charge is 2.17. The van der Waals surface area contributed by atoms with Gasteiger partial charge in [-0.05, 0) is 26.0 Å². The summed E-state index contributed by atoms with van der Waals surface area (Å²) in [6.45, 7) is 4.74. The number of nitrogens with zero attached hydrogens (tertiary/aromatic N) is 1. The van der Waals surface area contributed by atoms with E-state index in [1.54, 1.807) is 29.5 Å². The van der Waals surface area contributed by atoms with Crippen LogP contribution in [0.5, 0.6) is 0 Å². The van der Waals surface area contributed by atoms with E-state index in [-0.39, 0.29) is 16.7 Å². The molecule has 1 atom stereocenters. The molecule has 1 aromatic carbocycles. The van der Waals surface area contributed by atoms with Gasteiger partial charge in [0.25, 0.3) is 5.69 Å². The van der Waals surface area contributed by atoms with Crippen molar-refractivity contribution in [2.24, 2.45) is 0 Å². The van der Waals surface area contributed by atoms with Gasteiger partial charge in [-0.15, -0.1) is 11.3 Å². The third kappa shape index (κ3) is 3.39. The van der Waals surface area contributed by atoms with E-state index < -0.39 is 0 Å². The highest BCUT2D eigenvalue weighted by Crippen LogP contribution is 2.25. The minimum atomic E-state index is -0.331. The van der Waals surface area contributed by atoms with Gasteiger partial charge in [0.05, 0.1) is 4.92 Å². The van der Waals surface area contributed by atoms with Crippen LogP contribution in [0.2, 0.25) is 0 Å². The lowest BCUT2D eigenvalue weighted by molar-refractivity contribution is -0.385. The Hall–Kier alpha value is -1.72. The number of thiophene rings is 1. The van der Waals surface area contributed by atoms with Crippen molar-refractivity contribution >= 4 is 17.0 Å². The minimum absolute atomic E-state index is 0.0518. The molecule has 1 aromatic heterocycles. The maximum atomic E-state index is 11.0. The van der Waals surface area contributed by atoms with E-state index in [4.69, 9.17) is 0 Å². The zero-order valence-corrected chi connectivity index (χ0v) is 11.7. The summed E-state index contributed by atoms with van der Waals surface area (Å²) >= 11 is 1.74. The van der Waals surface area contributed by atoms with Gasteiger partial charge in [0.15, 0.2) is 0 Å². The lowest BCUT2D eigenvalue weighted by atomic mass is 10.1. The maximum absolute atomic E-state index is 11.0. The summed E-state index contributed by atoms with van der Waals surface area (Å²) in [6.07, 6.45) is 0. The summed E-state index contributed by atoms with van der Waals surface area (Å²) in [6, 6.07) is 11.0. The molecule has 1 unspecified atom stereocenters. The third-order valence-corrected chi connectivity index (χ3v) is 3.98. The van der Waals surface area contributed by atoms with Crippen LogP contribution in [-0.2, 0) is 6.54 Å². The van der Waals surface area contributed by atoms with Crippen molar-refractivity contribution in [1.82, 2.24) is 5.32 Å². The number of nitro benzene ring substituents is 1.